The molecule has 0 atom stereocenters. The number of benzene rings is 1. The smallest absolute Gasteiger partial charge is 0.224 e. The van der Waals surface area contributed by atoms with Crippen LogP contribution in [-0.4, -0.2) is 54.3 Å². The van der Waals surface area contributed by atoms with Crippen molar-refractivity contribution in [2.24, 2.45) is 0 Å². The first-order valence-corrected chi connectivity index (χ1v) is 8.50. The Morgan fingerprint density at radius 3 is 2.79 bits per heavy atom. The number of anilines is 3. The van der Waals surface area contributed by atoms with Crippen LogP contribution in [0.5, 0.6) is 0 Å². The zero-order chi connectivity index (χ0) is 16.8. The topological polar surface area (TPSA) is 62.3 Å². The fourth-order valence-electron chi connectivity index (χ4n) is 2.56. The van der Waals surface area contributed by atoms with Gasteiger partial charge in [-0.05, 0) is 19.1 Å². The summed E-state index contributed by atoms with van der Waals surface area (Å²) in [6, 6.07) is 9.50. The zero-order valence-electron chi connectivity index (χ0n) is 13.8. The average Bonchev–Trinajstić information content (AvgIpc) is 2.57. The average molecular weight is 348 g/mol. The largest absolute Gasteiger partial charge is 0.379 e. The van der Waals surface area contributed by atoms with Crippen LogP contribution in [0, 0.1) is 6.92 Å². The Hall–Kier alpha value is -1.89. The van der Waals surface area contributed by atoms with Gasteiger partial charge in [0, 0.05) is 37.9 Å². The molecule has 0 bridgehead atoms. The second-order valence-corrected chi connectivity index (χ2v) is 6.11. The van der Waals surface area contributed by atoms with Gasteiger partial charge in [-0.3, -0.25) is 4.90 Å². The number of aromatic nitrogens is 2. The van der Waals surface area contributed by atoms with Crippen LogP contribution in [0.25, 0.3) is 0 Å². The standard InChI is InChI=1S/C17H22ClN5O/c1-13-12-16(21-15-5-3-2-4-14(15)18)22-17(20-13)19-6-7-23-8-10-24-11-9-23/h2-5,12H,6-11H2,1H3,(H2,19,20,21,22). The minimum absolute atomic E-state index is 0.623. The van der Waals surface area contributed by atoms with Crippen molar-refractivity contribution < 1.29 is 4.74 Å². The molecule has 0 saturated carbocycles. The third kappa shape index (κ3) is 4.80. The second kappa shape index (κ2) is 8.28. The number of halogens is 1. The van der Waals surface area contributed by atoms with Gasteiger partial charge in [-0.25, -0.2) is 4.98 Å². The van der Waals surface area contributed by atoms with Crippen molar-refractivity contribution >= 4 is 29.1 Å². The lowest BCUT2D eigenvalue weighted by Crippen LogP contribution is -2.39. The molecule has 1 aliphatic heterocycles. The molecule has 2 heterocycles. The summed E-state index contributed by atoms with van der Waals surface area (Å²) >= 11 is 6.19. The predicted octanol–water partition coefficient (Wildman–Crippen LogP) is 2.93. The molecule has 2 N–H and O–H groups in total. The van der Waals surface area contributed by atoms with Crippen LogP contribution in [0.4, 0.5) is 17.5 Å². The highest BCUT2D eigenvalue weighted by Crippen LogP contribution is 2.24. The van der Waals surface area contributed by atoms with E-state index in [1.165, 1.54) is 0 Å². The van der Waals surface area contributed by atoms with E-state index in [2.05, 4.69) is 25.5 Å². The maximum Gasteiger partial charge on any atom is 0.224 e. The third-order valence-corrected chi connectivity index (χ3v) is 4.14. The summed E-state index contributed by atoms with van der Waals surface area (Å²) in [5, 5.41) is 7.20. The lowest BCUT2D eigenvalue weighted by atomic mass is 10.3. The minimum atomic E-state index is 0.623. The first kappa shape index (κ1) is 17.0. The van der Waals surface area contributed by atoms with Crippen molar-refractivity contribution in [3.63, 3.8) is 0 Å². The summed E-state index contributed by atoms with van der Waals surface area (Å²) in [6.07, 6.45) is 0. The van der Waals surface area contributed by atoms with Gasteiger partial charge in [0.25, 0.3) is 0 Å². The number of aryl methyl sites for hydroxylation is 1. The van der Waals surface area contributed by atoms with Crippen molar-refractivity contribution in [1.82, 2.24) is 14.9 Å². The van der Waals surface area contributed by atoms with Crippen molar-refractivity contribution in [2.45, 2.75) is 6.92 Å². The normalized spacial score (nSPS) is 15.2. The lowest BCUT2D eigenvalue weighted by molar-refractivity contribution is 0.0398. The van der Waals surface area contributed by atoms with Crippen LogP contribution in [0.15, 0.2) is 30.3 Å². The van der Waals surface area contributed by atoms with Gasteiger partial charge >= 0.3 is 0 Å². The van der Waals surface area contributed by atoms with Gasteiger partial charge in [0.2, 0.25) is 5.95 Å². The third-order valence-electron chi connectivity index (χ3n) is 3.81. The summed E-state index contributed by atoms with van der Waals surface area (Å²) < 4.78 is 5.36. The van der Waals surface area contributed by atoms with Gasteiger partial charge in [-0.1, -0.05) is 23.7 Å². The molecule has 6 nitrogen and oxygen atoms in total. The van der Waals surface area contributed by atoms with Gasteiger partial charge in [-0.15, -0.1) is 0 Å². The molecule has 2 aromatic rings. The fourth-order valence-corrected chi connectivity index (χ4v) is 2.75. The Bertz CT molecular complexity index is 676. The number of hydrogen-bond donors (Lipinski definition) is 2. The molecule has 0 radical (unpaired) electrons. The highest BCUT2D eigenvalue weighted by Gasteiger charge is 2.10. The van der Waals surface area contributed by atoms with E-state index in [0.717, 1.165) is 56.6 Å². The summed E-state index contributed by atoms with van der Waals surface area (Å²) in [5.41, 5.74) is 1.73. The first-order chi connectivity index (χ1) is 11.7. The van der Waals surface area contributed by atoms with Crippen LogP contribution in [-0.2, 0) is 4.74 Å². The van der Waals surface area contributed by atoms with E-state index in [9.17, 15) is 0 Å². The lowest BCUT2D eigenvalue weighted by Gasteiger charge is -2.26. The van der Waals surface area contributed by atoms with Crippen LogP contribution >= 0.6 is 11.6 Å². The number of rotatable bonds is 6. The van der Waals surface area contributed by atoms with Crippen molar-refractivity contribution in [3.05, 3.63) is 41.0 Å². The number of para-hydroxylation sites is 1. The molecule has 1 aromatic heterocycles. The van der Waals surface area contributed by atoms with E-state index in [4.69, 9.17) is 16.3 Å². The second-order valence-electron chi connectivity index (χ2n) is 5.70. The van der Waals surface area contributed by atoms with Crippen molar-refractivity contribution in [2.75, 3.05) is 50.0 Å². The quantitative estimate of drug-likeness (QED) is 0.837. The van der Waals surface area contributed by atoms with Crippen molar-refractivity contribution in [1.29, 1.82) is 0 Å². The summed E-state index contributed by atoms with van der Waals surface area (Å²) in [5.74, 6) is 1.35. The van der Waals surface area contributed by atoms with Gasteiger partial charge in [0.1, 0.15) is 5.82 Å². The van der Waals surface area contributed by atoms with E-state index in [1.54, 1.807) is 0 Å². The number of hydrogen-bond acceptors (Lipinski definition) is 6. The number of ether oxygens (including phenoxy) is 1. The van der Waals surface area contributed by atoms with E-state index >= 15 is 0 Å². The van der Waals surface area contributed by atoms with Crippen molar-refractivity contribution in [3.8, 4) is 0 Å². The molecular weight excluding hydrogens is 326 g/mol. The van der Waals surface area contributed by atoms with Crippen LogP contribution in [0.2, 0.25) is 5.02 Å². The SMILES string of the molecule is Cc1cc(Nc2ccccc2Cl)nc(NCCN2CCOCC2)n1. The summed E-state index contributed by atoms with van der Waals surface area (Å²) in [7, 11) is 0. The molecule has 0 unspecified atom stereocenters. The Balaban J connectivity index is 1.60. The van der Waals surface area contributed by atoms with Crippen LogP contribution in [0.3, 0.4) is 0 Å². The molecule has 0 amide bonds. The molecule has 128 valence electrons. The highest BCUT2D eigenvalue weighted by atomic mass is 35.5. The molecular formula is C17H22ClN5O. The minimum Gasteiger partial charge on any atom is -0.379 e. The molecule has 24 heavy (non-hydrogen) atoms. The maximum absolute atomic E-state index is 6.19. The van der Waals surface area contributed by atoms with Crippen LogP contribution < -0.4 is 10.6 Å². The number of nitrogens with one attached hydrogen (secondary N) is 2. The van der Waals surface area contributed by atoms with Crippen LogP contribution in [0.1, 0.15) is 5.69 Å². The predicted molar refractivity (Wildman–Crippen MR) is 97.3 cm³/mol. The fraction of sp³-hybridized carbons (Fsp3) is 0.412. The molecule has 0 aliphatic carbocycles. The summed E-state index contributed by atoms with van der Waals surface area (Å²) in [4.78, 5) is 11.3. The Labute approximate surface area is 147 Å². The molecule has 1 fully saturated rings. The first-order valence-electron chi connectivity index (χ1n) is 8.12. The van der Waals surface area contributed by atoms with E-state index in [0.29, 0.717) is 11.0 Å². The Morgan fingerprint density at radius 1 is 1.21 bits per heavy atom. The molecule has 7 heteroatoms. The van der Waals surface area contributed by atoms with E-state index in [-0.39, 0.29) is 0 Å². The van der Waals surface area contributed by atoms with Gasteiger partial charge < -0.3 is 15.4 Å². The van der Waals surface area contributed by atoms with E-state index < -0.39 is 0 Å². The van der Waals surface area contributed by atoms with Gasteiger partial charge in [-0.2, -0.15) is 4.98 Å². The Morgan fingerprint density at radius 2 is 2.00 bits per heavy atom. The summed E-state index contributed by atoms with van der Waals surface area (Å²) in [6.45, 7) is 7.29. The van der Waals surface area contributed by atoms with Gasteiger partial charge in [0.15, 0.2) is 0 Å². The number of nitrogens with zero attached hydrogens (tertiary/aromatic N) is 3. The maximum atomic E-state index is 6.19. The molecule has 3 rings (SSSR count). The molecule has 1 aromatic carbocycles. The monoisotopic (exact) mass is 347 g/mol. The highest BCUT2D eigenvalue weighted by molar-refractivity contribution is 6.33. The molecule has 0 spiro atoms. The zero-order valence-corrected chi connectivity index (χ0v) is 14.5. The molecule has 1 aliphatic rings. The molecule has 1 saturated heterocycles. The van der Waals surface area contributed by atoms with Gasteiger partial charge in [0.05, 0.1) is 23.9 Å². The van der Waals surface area contributed by atoms with E-state index in [1.807, 2.05) is 37.3 Å². The Kier molecular flexibility index (Phi) is 5.85. The number of morpholine rings is 1.